The Morgan fingerprint density at radius 3 is 2.67 bits per heavy atom. The van der Waals surface area contributed by atoms with Gasteiger partial charge in [-0.15, -0.1) is 0 Å². The second-order valence-corrected chi connectivity index (χ2v) is 6.66. The normalized spacial score (nSPS) is 12.0. The van der Waals surface area contributed by atoms with Crippen LogP contribution in [0, 0.1) is 13.8 Å². The standard InChI is InChI=1S/C20H23N5O2/c1-13-5-6-17(22-10-13)14(2)7-8-27-20-16(11-21-15(3)24-20)18-9-19(26)25(4)12-23-18/h5-6,9-12,14H,7-8H2,1-4H3/t14-/m1/s1. The molecule has 0 N–H and O–H groups in total. The number of pyridine rings is 1. The lowest BCUT2D eigenvalue weighted by molar-refractivity contribution is 0.289. The zero-order chi connectivity index (χ0) is 19.4. The summed E-state index contributed by atoms with van der Waals surface area (Å²) in [6.07, 6.45) is 5.79. The van der Waals surface area contributed by atoms with Gasteiger partial charge in [-0.3, -0.25) is 9.78 Å². The number of hydrogen-bond acceptors (Lipinski definition) is 6. The minimum Gasteiger partial charge on any atom is -0.477 e. The largest absolute Gasteiger partial charge is 0.477 e. The van der Waals surface area contributed by atoms with Crippen LogP contribution in [0.2, 0.25) is 0 Å². The molecule has 0 aromatic carbocycles. The summed E-state index contributed by atoms with van der Waals surface area (Å²) in [4.78, 5) is 29.3. The molecule has 0 bridgehead atoms. The summed E-state index contributed by atoms with van der Waals surface area (Å²) in [5.74, 6) is 1.30. The monoisotopic (exact) mass is 365 g/mol. The molecule has 0 amide bonds. The molecule has 27 heavy (non-hydrogen) atoms. The van der Waals surface area contributed by atoms with Gasteiger partial charge in [0.2, 0.25) is 5.88 Å². The first-order valence-electron chi connectivity index (χ1n) is 8.86. The SMILES string of the molecule is Cc1ccc([C@H](C)CCOc2nc(C)ncc2-c2cc(=O)n(C)cn2)nc1. The summed E-state index contributed by atoms with van der Waals surface area (Å²) in [6, 6.07) is 5.57. The van der Waals surface area contributed by atoms with Gasteiger partial charge in [-0.2, -0.15) is 4.98 Å². The van der Waals surface area contributed by atoms with Gasteiger partial charge in [0, 0.05) is 37.1 Å². The summed E-state index contributed by atoms with van der Waals surface area (Å²) < 4.78 is 7.34. The Balaban J connectivity index is 1.74. The molecule has 0 aliphatic rings. The Morgan fingerprint density at radius 2 is 1.96 bits per heavy atom. The molecular weight excluding hydrogens is 342 g/mol. The van der Waals surface area contributed by atoms with Gasteiger partial charge in [0.05, 0.1) is 24.2 Å². The molecule has 3 rings (SSSR count). The van der Waals surface area contributed by atoms with E-state index < -0.39 is 0 Å². The van der Waals surface area contributed by atoms with Crippen LogP contribution < -0.4 is 10.3 Å². The van der Waals surface area contributed by atoms with Gasteiger partial charge in [-0.25, -0.2) is 9.97 Å². The van der Waals surface area contributed by atoms with E-state index in [-0.39, 0.29) is 11.5 Å². The molecule has 0 spiro atoms. The minimum atomic E-state index is -0.148. The van der Waals surface area contributed by atoms with Crippen LogP contribution in [0.4, 0.5) is 0 Å². The van der Waals surface area contributed by atoms with Gasteiger partial charge in [-0.1, -0.05) is 13.0 Å². The zero-order valence-corrected chi connectivity index (χ0v) is 16.0. The fraction of sp³-hybridized carbons (Fsp3) is 0.350. The second kappa shape index (κ2) is 8.07. The second-order valence-electron chi connectivity index (χ2n) is 6.66. The summed E-state index contributed by atoms with van der Waals surface area (Å²) >= 11 is 0. The first-order chi connectivity index (χ1) is 12.9. The van der Waals surface area contributed by atoms with E-state index in [1.807, 2.05) is 19.2 Å². The Bertz CT molecular complexity index is 982. The van der Waals surface area contributed by atoms with E-state index in [1.54, 1.807) is 20.2 Å². The van der Waals surface area contributed by atoms with Crippen LogP contribution in [0.25, 0.3) is 11.3 Å². The fourth-order valence-electron chi connectivity index (χ4n) is 2.60. The summed E-state index contributed by atoms with van der Waals surface area (Å²) in [5.41, 5.74) is 3.15. The molecule has 0 radical (unpaired) electrons. The number of ether oxygens (including phenoxy) is 1. The molecule has 140 valence electrons. The number of aromatic nitrogens is 5. The molecule has 0 saturated carbocycles. The third-order valence-corrected chi connectivity index (χ3v) is 4.36. The van der Waals surface area contributed by atoms with Crippen LogP contribution in [0.5, 0.6) is 5.88 Å². The Hall–Kier alpha value is -3.09. The van der Waals surface area contributed by atoms with E-state index >= 15 is 0 Å². The van der Waals surface area contributed by atoms with E-state index in [4.69, 9.17) is 4.74 Å². The lowest BCUT2D eigenvalue weighted by Gasteiger charge is -2.14. The smallest absolute Gasteiger partial charge is 0.253 e. The molecule has 0 fully saturated rings. The van der Waals surface area contributed by atoms with Crippen molar-refractivity contribution in [3.8, 4) is 17.1 Å². The van der Waals surface area contributed by atoms with E-state index in [1.165, 1.54) is 17.0 Å². The highest BCUT2D eigenvalue weighted by atomic mass is 16.5. The molecule has 7 heteroatoms. The Morgan fingerprint density at radius 1 is 1.15 bits per heavy atom. The van der Waals surface area contributed by atoms with Crippen molar-refractivity contribution in [1.29, 1.82) is 0 Å². The Kier molecular flexibility index (Phi) is 5.59. The van der Waals surface area contributed by atoms with Gasteiger partial charge in [-0.05, 0) is 31.9 Å². The maximum absolute atomic E-state index is 11.9. The van der Waals surface area contributed by atoms with E-state index in [2.05, 4.69) is 32.9 Å². The van der Waals surface area contributed by atoms with E-state index in [0.717, 1.165) is 17.7 Å². The van der Waals surface area contributed by atoms with Crippen LogP contribution in [-0.2, 0) is 7.05 Å². The highest BCUT2D eigenvalue weighted by Crippen LogP contribution is 2.26. The lowest BCUT2D eigenvalue weighted by atomic mass is 10.0. The molecule has 7 nitrogen and oxygen atoms in total. The van der Waals surface area contributed by atoms with E-state index in [0.29, 0.717) is 29.6 Å². The van der Waals surface area contributed by atoms with Crippen molar-refractivity contribution < 1.29 is 4.74 Å². The molecule has 0 saturated heterocycles. The minimum absolute atomic E-state index is 0.148. The summed E-state index contributed by atoms with van der Waals surface area (Å²) in [5, 5.41) is 0. The molecule has 0 aliphatic carbocycles. The fourth-order valence-corrected chi connectivity index (χ4v) is 2.60. The predicted molar refractivity (Wildman–Crippen MR) is 103 cm³/mol. The van der Waals surface area contributed by atoms with Gasteiger partial charge < -0.3 is 9.30 Å². The Labute approximate surface area is 158 Å². The summed E-state index contributed by atoms with van der Waals surface area (Å²) in [6.45, 7) is 6.42. The third-order valence-electron chi connectivity index (χ3n) is 4.36. The molecule has 1 atom stereocenters. The molecule has 3 heterocycles. The van der Waals surface area contributed by atoms with Crippen molar-refractivity contribution in [2.75, 3.05) is 6.61 Å². The van der Waals surface area contributed by atoms with Crippen LogP contribution in [0.15, 0.2) is 41.7 Å². The topological polar surface area (TPSA) is 82.8 Å². The number of nitrogens with zero attached hydrogens (tertiary/aromatic N) is 5. The first-order valence-corrected chi connectivity index (χ1v) is 8.86. The van der Waals surface area contributed by atoms with Gasteiger partial charge >= 0.3 is 0 Å². The van der Waals surface area contributed by atoms with Crippen LogP contribution in [-0.4, -0.2) is 31.1 Å². The molecular formula is C20H23N5O2. The predicted octanol–water partition coefficient (Wildman–Crippen LogP) is 2.82. The van der Waals surface area contributed by atoms with Crippen LogP contribution in [0.1, 0.15) is 36.3 Å². The number of hydrogen-bond donors (Lipinski definition) is 0. The van der Waals surface area contributed by atoms with Crippen LogP contribution >= 0.6 is 0 Å². The van der Waals surface area contributed by atoms with E-state index in [9.17, 15) is 4.79 Å². The lowest BCUT2D eigenvalue weighted by Crippen LogP contribution is -2.16. The number of rotatable bonds is 6. The number of aryl methyl sites for hydroxylation is 3. The zero-order valence-electron chi connectivity index (χ0n) is 16.0. The highest BCUT2D eigenvalue weighted by Gasteiger charge is 2.13. The average Bonchev–Trinajstić information content (AvgIpc) is 2.65. The van der Waals surface area contributed by atoms with Crippen molar-refractivity contribution in [1.82, 2.24) is 24.5 Å². The van der Waals surface area contributed by atoms with Crippen molar-refractivity contribution in [2.45, 2.75) is 33.1 Å². The quantitative estimate of drug-likeness (QED) is 0.668. The van der Waals surface area contributed by atoms with Crippen molar-refractivity contribution in [2.24, 2.45) is 7.05 Å². The average molecular weight is 365 g/mol. The molecule has 0 aliphatic heterocycles. The third kappa shape index (κ3) is 4.55. The van der Waals surface area contributed by atoms with Crippen molar-refractivity contribution in [3.05, 3.63) is 64.4 Å². The maximum atomic E-state index is 11.9. The van der Waals surface area contributed by atoms with Crippen LogP contribution in [0.3, 0.4) is 0 Å². The van der Waals surface area contributed by atoms with Gasteiger partial charge in [0.1, 0.15) is 5.82 Å². The van der Waals surface area contributed by atoms with Crippen molar-refractivity contribution in [3.63, 3.8) is 0 Å². The molecule has 3 aromatic rings. The molecule has 3 aromatic heterocycles. The first kappa shape index (κ1) is 18.7. The maximum Gasteiger partial charge on any atom is 0.253 e. The van der Waals surface area contributed by atoms with Gasteiger partial charge in [0.15, 0.2) is 0 Å². The summed E-state index contributed by atoms with van der Waals surface area (Å²) in [7, 11) is 1.66. The highest BCUT2D eigenvalue weighted by molar-refractivity contribution is 5.63. The van der Waals surface area contributed by atoms with Crippen molar-refractivity contribution >= 4 is 0 Å². The molecule has 0 unspecified atom stereocenters. The van der Waals surface area contributed by atoms with Gasteiger partial charge in [0.25, 0.3) is 5.56 Å².